The Kier molecular flexibility index (Phi) is 2.87. The minimum atomic E-state index is -0.136. The molecule has 1 aromatic rings. The molecule has 5 rings (SSSR count). The summed E-state index contributed by atoms with van der Waals surface area (Å²) >= 11 is 3.32. The van der Waals surface area contributed by atoms with E-state index in [2.05, 4.69) is 21.2 Å². The average molecular weight is 324 g/mol. The molecule has 0 aromatic heterocycles. The zero-order chi connectivity index (χ0) is 13.0. The van der Waals surface area contributed by atoms with Crippen molar-refractivity contribution in [3.8, 4) is 0 Å². The lowest BCUT2D eigenvalue weighted by Gasteiger charge is -2.54. The van der Waals surface area contributed by atoms with Gasteiger partial charge in [-0.15, -0.1) is 0 Å². The maximum absolute atomic E-state index is 14.0. The lowest BCUT2D eigenvalue weighted by atomic mass is 9.54. The molecule has 19 heavy (non-hydrogen) atoms. The Morgan fingerprint density at radius 1 is 1.00 bits per heavy atom. The molecule has 0 radical (unpaired) electrons. The molecule has 3 heteroatoms. The first kappa shape index (κ1) is 12.2. The smallest absolute Gasteiger partial charge is 0.147 e. The zero-order valence-electron chi connectivity index (χ0n) is 10.9. The molecule has 0 atom stereocenters. The van der Waals surface area contributed by atoms with Crippen LogP contribution in [0.1, 0.15) is 32.1 Å². The van der Waals surface area contributed by atoms with E-state index < -0.39 is 0 Å². The van der Waals surface area contributed by atoms with E-state index in [0.29, 0.717) is 11.7 Å². The number of hydrogen-bond donors (Lipinski definition) is 1. The van der Waals surface area contributed by atoms with Gasteiger partial charge >= 0.3 is 0 Å². The molecule has 1 nitrogen and oxygen atoms in total. The van der Waals surface area contributed by atoms with Crippen LogP contribution in [0.15, 0.2) is 22.7 Å². The van der Waals surface area contributed by atoms with Gasteiger partial charge in [-0.25, -0.2) is 4.39 Å². The Morgan fingerprint density at radius 3 is 2.21 bits per heavy atom. The van der Waals surface area contributed by atoms with Crippen LogP contribution < -0.4 is 5.32 Å². The largest absolute Gasteiger partial charge is 0.379 e. The van der Waals surface area contributed by atoms with Gasteiger partial charge in [0.1, 0.15) is 5.82 Å². The summed E-state index contributed by atoms with van der Waals surface area (Å²) in [5, 5.41) is 3.52. The Bertz CT molecular complexity index is 474. The highest BCUT2D eigenvalue weighted by molar-refractivity contribution is 9.10. The van der Waals surface area contributed by atoms with Gasteiger partial charge in [-0.3, -0.25) is 0 Å². The van der Waals surface area contributed by atoms with Crippen molar-refractivity contribution in [3.63, 3.8) is 0 Å². The third kappa shape index (κ3) is 2.10. The highest BCUT2D eigenvalue weighted by Crippen LogP contribution is 2.54. The van der Waals surface area contributed by atoms with Gasteiger partial charge in [0.05, 0.1) is 5.69 Å². The molecule has 1 aromatic carbocycles. The van der Waals surface area contributed by atoms with Crippen LogP contribution in [0.25, 0.3) is 0 Å². The van der Waals surface area contributed by atoms with E-state index in [1.165, 1.54) is 32.1 Å². The van der Waals surface area contributed by atoms with Gasteiger partial charge < -0.3 is 5.32 Å². The van der Waals surface area contributed by atoms with Crippen LogP contribution >= 0.6 is 15.9 Å². The van der Waals surface area contributed by atoms with Gasteiger partial charge in [0.2, 0.25) is 0 Å². The number of nitrogens with one attached hydrogen (secondary N) is 1. The summed E-state index contributed by atoms with van der Waals surface area (Å²) in [6, 6.07) is 5.84. The summed E-state index contributed by atoms with van der Waals surface area (Å²) < 4.78 is 14.8. The summed E-state index contributed by atoms with van der Waals surface area (Å²) in [6.07, 6.45) is 6.92. The van der Waals surface area contributed by atoms with E-state index in [1.54, 1.807) is 6.07 Å². The third-order valence-corrected chi connectivity index (χ3v) is 5.97. The maximum atomic E-state index is 14.0. The number of rotatable bonds is 2. The Balaban J connectivity index is 1.56. The molecule has 1 N–H and O–H groups in total. The second-order valence-electron chi connectivity index (χ2n) is 6.73. The SMILES string of the molecule is Fc1cc(Br)ccc1NC1C2CC3CC(C2)CC1C3. The van der Waals surface area contributed by atoms with Crippen molar-refractivity contribution in [1.82, 2.24) is 0 Å². The van der Waals surface area contributed by atoms with Crippen molar-refractivity contribution in [2.75, 3.05) is 5.32 Å². The van der Waals surface area contributed by atoms with Gasteiger partial charge in [-0.05, 0) is 74.0 Å². The van der Waals surface area contributed by atoms with E-state index in [-0.39, 0.29) is 5.82 Å². The van der Waals surface area contributed by atoms with E-state index in [4.69, 9.17) is 0 Å². The van der Waals surface area contributed by atoms with Crippen LogP contribution in [0, 0.1) is 29.5 Å². The van der Waals surface area contributed by atoms with E-state index in [0.717, 1.165) is 28.1 Å². The molecule has 0 heterocycles. The van der Waals surface area contributed by atoms with Crippen LogP contribution in [0.4, 0.5) is 10.1 Å². The van der Waals surface area contributed by atoms with E-state index in [9.17, 15) is 4.39 Å². The lowest BCUT2D eigenvalue weighted by Crippen LogP contribution is -2.51. The first-order chi connectivity index (χ1) is 9.19. The summed E-state index contributed by atoms with van der Waals surface area (Å²) in [5.74, 6) is 3.35. The normalized spacial score (nSPS) is 39.6. The van der Waals surface area contributed by atoms with Gasteiger partial charge in [0.25, 0.3) is 0 Å². The quantitative estimate of drug-likeness (QED) is 0.822. The molecule has 0 saturated heterocycles. The molecule has 102 valence electrons. The van der Waals surface area contributed by atoms with Crippen molar-refractivity contribution >= 4 is 21.6 Å². The van der Waals surface area contributed by atoms with Crippen molar-refractivity contribution in [2.24, 2.45) is 23.7 Å². The van der Waals surface area contributed by atoms with Crippen molar-refractivity contribution in [2.45, 2.75) is 38.1 Å². The Morgan fingerprint density at radius 2 is 1.63 bits per heavy atom. The predicted molar refractivity (Wildman–Crippen MR) is 78.6 cm³/mol. The van der Waals surface area contributed by atoms with Crippen LogP contribution in [-0.4, -0.2) is 6.04 Å². The number of anilines is 1. The van der Waals surface area contributed by atoms with Gasteiger partial charge in [0, 0.05) is 10.5 Å². The molecule has 0 unspecified atom stereocenters. The molecule has 4 aliphatic carbocycles. The monoisotopic (exact) mass is 323 g/mol. The fourth-order valence-corrected chi connectivity index (χ4v) is 5.28. The summed E-state index contributed by atoms with van der Waals surface area (Å²) in [6.45, 7) is 0. The fourth-order valence-electron chi connectivity index (χ4n) is 4.95. The van der Waals surface area contributed by atoms with Crippen LogP contribution in [0.5, 0.6) is 0 Å². The minimum Gasteiger partial charge on any atom is -0.379 e. The van der Waals surface area contributed by atoms with Gasteiger partial charge in [-0.2, -0.15) is 0 Å². The number of benzene rings is 1. The van der Waals surface area contributed by atoms with Crippen LogP contribution in [-0.2, 0) is 0 Å². The third-order valence-electron chi connectivity index (χ3n) is 5.48. The van der Waals surface area contributed by atoms with Crippen LogP contribution in [0.2, 0.25) is 0 Å². The minimum absolute atomic E-state index is 0.136. The predicted octanol–water partition coefficient (Wildman–Crippen LogP) is 4.82. The highest BCUT2D eigenvalue weighted by Gasteiger charge is 2.48. The van der Waals surface area contributed by atoms with Crippen molar-refractivity contribution in [3.05, 3.63) is 28.5 Å². The summed E-state index contributed by atoms with van der Waals surface area (Å²) in [5.41, 5.74) is 0.681. The first-order valence-corrected chi connectivity index (χ1v) is 8.20. The van der Waals surface area contributed by atoms with Crippen LogP contribution in [0.3, 0.4) is 0 Å². The van der Waals surface area contributed by atoms with Gasteiger partial charge in [0.15, 0.2) is 0 Å². The molecule has 0 aliphatic heterocycles. The first-order valence-electron chi connectivity index (χ1n) is 7.40. The fraction of sp³-hybridized carbons (Fsp3) is 0.625. The Hall–Kier alpha value is -0.570. The van der Waals surface area contributed by atoms with Crippen molar-refractivity contribution in [1.29, 1.82) is 0 Å². The zero-order valence-corrected chi connectivity index (χ0v) is 12.5. The molecule has 4 saturated carbocycles. The Labute approximate surface area is 122 Å². The molecule has 0 amide bonds. The van der Waals surface area contributed by atoms with E-state index in [1.807, 2.05) is 12.1 Å². The highest BCUT2D eigenvalue weighted by atomic mass is 79.9. The molecule has 0 spiro atoms. The molecule has 4 bridgehead atoms. The van der Waals surface area contributed by atoms with Gasteiger partial charge in [-0.1, -0.05) is 15.9 Å². The number of halogens is 2. The molecule has 4 aliphatic rings. The standard InChI is InChI=1S/C16H19BrFN/c17-13-1-2-15(14(18)8-13)19-16-11-4-9-3-10(6-11)7-12(16)5-9/h1-2,8-12,16,19H,3-7H2. The number of hydrogen-bond acceptors (Lipinski definition) is 1. The second-order valence-corrected chi connectivity index (χ2v) is 7.64. The molecular weight excluding hydrogens is 305 g/mol. The van der Waals surface area contributed by atoms with Crippen molar-refractivity contribution < 1.29 is 4.39 Å². The lowest BCUT2D eigenvalue weighted by molar-refractivity contribution is 0.00744. The second kappa shape index (κ2) is 4.47. The summed E-state index contributed by atoms with van der Waals surface area (Å²) in [4.78, 5) is 0. The molecular formula is C16H19BrFN. The molecule has 4 fully saturated rings. The topological polar surface area (TPSA) is 12.0 Å². The maximum Gasteiger partial charge on any atom is 0.147 e. The van der Waals surface area contributed by atoms with E-state index >= 15 is 0 Å². The summed E-state index contributed by atoms with van der Waals surface area (Å²) in [7, 11) is 0. The average Bonchev–Trinajstić information content (AvgIpc) is 2.35.